The zero-order valence-electron chi connectivity index (χ0n) is 11.6. The Morgan fingerprint density at radius 3 is 2.45 bits per heavy atom. The summed E-state index contributed by atoms with van der Waals surface area (Å²) in [6.45, 7) is 0.453. The van der Waals surface area contributed by atoms with Gasteiger partial charge < -0.3 is 5.73 Å². The second-order valence-electron chi connectivity index (χ2n) is 5.51. The van der Waals surface area contributed by atoms with Crippen molar-refractivity contribution in [1.29, 1.82) is 0 Å². The maximum atomic E-state index is 13.5. The summed E-state index contributed by atoms with van der Waals surface area (Å²) >= 11 is 0. The zero-order valence-corrected chi connectivity index (χ0v) is 11.6. The van der Waals surface area contributed by atoms with E-state index in [0.717, 1.165) is 19.3 Å². The minimum absolute atomic E-state index is 0.0909. The topological polar surface area (TPSA) is 29.3 Å². The van der Waals surface area contributed by atoms with Gasteiger partial charge in [0.2, 0.25) is 0 Å². The van der Waals surface area contributed by atoms with E-state index >= 15 is 0 Å². The normalized spacial score (nSPS) is 25.1. The Bertz CT molecular complexity index is 419. The number of nitrogens with two attached hydrogens (primary N) is 1. The Morgan fingerprint density at radius 1 is 1.25 bits per heavy atom. The monoisotopic (exact) mass is 286 g/mol. The summed E-state index contributed by atoms with van der Waals surface area (Å²) in [6.07, 6.45) is -1.61. The molecule has 1 aliphatic carbocycles. The highest BCUT2D eigenvalue weighted by molar-refractivity contribution is 5.21. The second-order valence-corrected chi connectivity index (χ2v) is 5.51. The average Bonchev–Trinajstić information content (AvgIpc) is 2.86. The number of halogens is 3. The van der Waals surface area contributed by atoms with E-state index in [-0.39, 0.29) is 12.0 Å². The van der Waals surface area contributed by atoms with E-state index in [1.165, 1.54) is 4.90 Å². The summed E-state index contributed by atoms with van der Waals surface area (Å²) in [7, 11) is 1.57. The van der Waals surface area contributed by atoms with E-state index in [0.29, 0.717) is 12.1 Å². The number of alkyl halides is 3. The van der Waals surface area contributed by atoms with E-state index in [1.54, 1.807) is 37.4 Å². The van der Waals surface area contributed by atoms with E-state index in [4.69, 9.17) is 5.73 Å². The van der Waals surface area contributed by atoms with Crippen LogP contribution in [0.2, 0.25) is 0 Å². The van der Waals surface area contributed by atoms with Gasteiger partial charge >= 0.3 is 6.18 Å². The maximum Gasteiger partial charge on any atom is 0.408 e. The molecule has 0 heterocycles. The molecule has 5 heteroatoms. The van der Waals surface area contributed by atoms with Gasteiger partial charge in [-0.05, 0) is 37.9 Å². The first kappa shape index (κ1) is 15.3. The van der Waals surface area contributed by atoms with Gasteiger partial charge in [0.1, 0.15) is 6.04 Å². The fourth-order valence-electron chi connectivity index (χ4n) is 3.31. The molecule has 0 aromatic heterocycles. The van der Waals surface area contributed by atoms with Crippen LogP contribution in [-0.4, -0.2) is 30.7 Å². The van der Waals surface area contributed by atoms with Crippen LogP contribution in [0.25, 0.3) is 0 Å². The number of hydrogen-bond donors (Lipinski definition) is 1. The SMILES string of the molecule is CN(C1CCCC1CN)C(c1ccccc1)C(F)(F)F. The van der Waals surface area contributed by atoms with Crippen molar-refractivity contribution in [2.24, 2.45) is 11.7 Å². The van der Waals surface area contributed by atoms with Crippen molar-refractivity contribution in [1.82, 2.24) is 4.90 Å². The number of rotatable bonds is 4. The van der Waals surface area contributed by atoms with Crippen LogP contribution in [0, 0.1) is 5.92 Å². The minimum Gasteiger partial charge on any atom is -0.330 e. The number of benzene rings is 1. The highest BCUT2D eigenvalue weighted by Crippen LogP contribution is 2.41. The van der Waals surface area contributed by atoms with Gasteiger partial charge in [-0.1, -0.05) is 36.8 Å². The van der Waals surface area contributed by atoms with Crippen molar-refractivity contribution in [2.45, 2.75) is 37.5 Å². The molecular weight excluding hydrogens is 265 g/mol. The van der Waals surface area contributed by atoms with E-state index in [2.05, 4.69) is 0 Å². The Balaban J connectivity index is 2.28. The van der Waals surface area contributed by atoms with Gasteiger partial charge in [0.25, 0.3) is 0 Å². The third-order valence-electron chi connectivity index (χ3n) is 4.28. The van der Waals surface area contributed by atoms with Crippen molar-refractivity contribution in [3.63, 3.8) is 0 Å². The summed E-state index contributed by atoms with van der Waals surface area (Å²) in [4.78, 5) is 1.47. The smallest absolute Gasteiger partial charge is 0.330 e. The number of nitrogens with zero attached hydrogens (tertiary/aromatic N) is 1. The van der Waals surface area contributed by atoms with Crippen LogP contribution in [0.1, 0.15) is 30.9 Å². The molecular formula is C15H21F3N2. The Hall–Kier alpha value is -1.07. The lowest BCUT2D eigenvalue weighted by atomic mass is 9.98. The minimum atomic E-state index is -4.28. The van der Waals surface area contributed by atoms with Crippen molar-refractivity contribution < 1.29 is 13.2 Å². The van der Waals surface area contributed by atoms with Crippen molar-refractivity contribution in [2.75, 3.05) is 13.6 Å². The molecule has 0 bridgehead atoms. The lowest BCUT2D eigenvalue weighted by molar-refractivity contribution is -0.190. The van der Waals surface area contributed by atoms with E-state index < -0.39 is 12.2 Å². The summed E-state index contributed by atoms with van der Waals surface area (Å²) < 4.78 is 40.4. The largest absolute Gasteiger partial charge is 0.408 e. The molecule has 112 valence electrons. The van der Waals surface area contributed by atoms with Gasteiger partial charge in [-0.2, -0.15) is 13.2 Å². The molecule has 20 heavy (non-hydrogen) atoms. The first-order valence-corrected chi connectivity index (χ1v) is 6.98. The van der Waals surface area contributed by atoms with Gasteiger partial charge in [0.05, 0.1) is 0 Å². The van der Waals surface area contributed by atoms with E-state index in [9.17, 15) is 13.2 Å². The summed E-state index contributed by atoms with van der Waals surface area (Å²) in [6, 6.07) is 6.47. The molecule has 0 spiro atoms. The Morgan fingerprint density at radius 2 is 1.90 bits per heavy atom. The lowest BCUT2D eigenvalue weighted by Crippen LogP contribution is -2.45. The quantitative estimate of drug-likeness (QED) is 0.919. The fourth-order valence-corrected chi connectivity index (χ4v) is 3.31. The van der Waals surface area contributed by atoms with Gasteiger partial charge in [-0.15, -0.1) is 0 Å². The molecule has 1 aromatic carbocycles. The Labute approximate surface area is 117 Å². The fraction of sp³-hybridized carbons (Fsp3) is 0.600. The molecule has 1 aliphatic rings. The highest BCUT2D eigenvalue weighted by Gasteiger charge is 2.46. The van der Waals surface area contributed by atoms with Crippen LogP contribution in [-0.2, 0) is 0 Å². The highest BCUT2D eigenvalue weighted by atomic mass is 19.4. The van der Waals surface area contributed by atoms with Crippen LogP contribution < -0.4 is 5.73 Å². The third kappa shape index (κ3) is 3.15. The molecule has 0 amide bonds. The molecule has 0 radical (unpaired) electrons. The summed E-state index contributed by atoms with van der Waals surface area (Å²) in [5.74, 6) is 0.161. The molecule has 3 atom stereocenters. The molecule has 1 saturated carbocycles. The molecule has 0 aliphatic heterocycles. The molecule has 1 fully saturated rings. The standard InChI is InChI=1S/C15H21F3N2/c1-20(13-9-5-8-12(13)10-19)14(15(16,17)18)11-6-3-2-4-7-11/h2-4,6-7,12-14H,5,8-10,19H2,1H3. The van der Waals surface area contributed by atoms with Crippen LogP contribution in [0.15, 0.2) is 30.3 Å². The van der Waals surface area contributed by atoms with Crippen molar-refractivity contribution in [3.05, 3.63) is 35.9 Å². The van der Waals surface area contributed by atoms with Gasteiger partial charge in [0.15, 0.2) is 0 Å². The van der Waals surface area contributed by atoms with Gasteiger partial charge in [-0.3, -0.25) is 4.90 Å². The zero-order chi connectivity index (χ0) is 14.8. The van der Waals surface area contributed by atoms with Crippen molar-refractivity contribution >= 4 is 0 Å². The maximum absolute atomic E-state index is 13.5. The molecule has 2 N–H and O–H groups in total. The molecule has 1 aromatic rings. The van der Waals surface area contributed by atoms with Crippen LogP contribution >= 0.6 is 0 Å². The van der Waals surface area contributed by atoms with Crippen molar-refractivity contribution in [3.8, 4) is 0 Å². The van der Waals surface area contributed by atoms with Crippen LogP contribution in [0.4, 0.5) is 13.2 Å². The first-order valence-electron chi connectivity index (χ1n) is 6.98. The average molecular weight is 286 g/mol. The predicted octanol–water partition coefficient (Wildman–Crippen LogP) is 3.35. The molecule has 0 saturated heterocycles. The van der Waals surface area contributed by atoms with Gasteiger partial charge in [0, 0.05) is 6.04 Å². The molecule has 3 unspecified atom stereocenters. The Kier molecular flexibility index (Phi) is 4.70. The third-order valence-corrected chi connectivity index (χ3v) is 4.28. The molecule has 2 rings (SSSR count). The van der Waals surface area contributed by atoms with Crippen LogP contribution in [0.5, 0.6) is 0 Å². The predicted molar refractivity (Wildman–Crippen MR) is 73.2 cm³/mol. The first-order chi connectivity index (χ1) is 9.45. The summed E-state index contributed by atoms with van der Waals surface area (Å²) in [5, 5.41) is 0. The number of hydrogen-bond acceptors (Lipinski definition) is 2. The van der Waals surface area contributed by atoms with E-state index in [1.807, 2.05) is 0 Å². The summed E-state index contributed by atoms with van der Waals surface area (Å²) in [5.41, 5.74) is 6.00. The van der Waals surface area contributed by atoms with Crippen LogP contribution in [0.3, 0.4) is 0 Å². The second kappa shape index (κ2) is 6.14. The molecule has 2 nitrogen and oxygen atoms in total. The van der Waals surface area contributed by atoms with Gasteiger partial charge in [-0.25, -0.2) is 0 Å². The lowest BCUT2D eigenvalue weighted by Gasteiger charge is -2.37.